The van der Waals surface area contributed by atoms with Crippen LogP contribution in [-0.2, 0) is 5.54 Å². The number of fused-ring (bicyclic) bond motifs is 1. The summed E-state index contributed by atoms with van der Waals surface area (Å²) in [5.41, 5.74) is 8.07. The van der Waals surface area contributed by atoms with E-state index in [2.05, 4.69) is 20.3 Å². The van der Waals surface area contributed by atoms with Gasteiger partial charge in [-0.3, -0.25) is 9.78 Å². The quantitative estimate of drug-likeness (QED) is 0.354. The Balaban J connectivity index is 1.45. The van der Waals surface area contributed by atoms with Crippen LogP contribution in [0.1, 0.15) is 24.3 Å². The molecule has 0 atom stereocenters. The van der Waals surface area contributed by atoms with Crippen molar-refractivity contribution in [2.24, 2.45) is 0 Å². The summed E-state index contributed by atoms with van der Waals surface area (Å²) in [6.45, 7) is 4.24. The number of nitrogens with one attached hydrogen (secondary N) is 1. The summed E-state index contributed by atoms with van der Waals surface area (Å²) in [6, 6.07) is 22.4. The molecule has 0 saturated carbocycles. The molecule has 5 aromatic rings. The smallest absolute Gasteiger partial charge is 0.269 e. The molecule has 1 amide bonds. The summed E-state index contributed by atoms with van der Waals surface area (Å²) >= 11 is 0. The Labute approximate surface area is 208 Å². The van der Waals surface area contributed by atoms with Gasteiger partial charge >= 0.3 is 0 Å². The maximum atomic E-state index is 12.6. The molecule has 0 saturated heterocycles. The Bertz CT molecular complexity index is 1500. The van der Waals surface area contributed by atoms with E-state index in [4.69, 9.17) is 15.6 Å². The van der Waals surface area contributed by atoms with Gasteiger partial charge in [-0.1, -0.05) is 24.3 Å². The minimum Gasteiger partial charge on any atom is -0.457 e. The normalized spacial score (nSPS) is 11.4. The van der Waals surface area contributed by atoms with Gasteiger partial charge in [0.2, 0.25) is 0 Å². The van der Waals surface area contributed by atoms with Crippen LogP contribution < -0.4 is 15.8 Å². The van der Waals surface area contributed by atoms with E-state index in [-0.39, 0.29) is 5.91 Å². The monoisotopic (exact) mass is 479 g/mol. The number of nitrogens with two attached hydrogens (primary N) is 1. The lowest BCUT2D eigenvalue weighted by atomic mass is 10.1. The number of hydrogen-bond acceptors (Lipinski definition) is 7. The number of para-hydroxylation sites is 1. The van der Waals surface area contributed by atoms with Gasteiger partial charge in [0.15, 0.2) is 5.65 Å². The number of carbonyl (C=O) groups excluding carboxylic acids is 1. The van der Waals surface area contributed by atoms with Crippen LogP contribution in [0, 0.1) is 0 Å². The molecule has 0 unspecified atom stereocenters. The third kappa shape index (κ3) is 4.58. The highest BCUT2D eigenvalue weighted by Crippen LogP contribution is 2.34. The first kappa shape index (κ1) is 23.0. The second-order valence-corrected chi connectivity index (χ2v) is 8.87. The summed E-state index contributed by atoms with van der Waals surface area (Å²) in [5.74, 6) is 1.53. The van der Waals surface area contributed by atoms with Crippen LogP contribution in [0.4, 0.5) is 5.82 Å². The lowest BCUT2D eigenvalue weighted by Crippen LogP contribution is -2.41. The molecule has 0 fully saturated rings. The number of ether oxygens (including phenoxy) is 1. The van der Waals surface area contributed by atoms with Crippen LogP contribution in [0.25, 0.3) is 22.3 Å². The molecule has 5 rings (SSSR count). The summed E-state index contributed by atoms with van der Waals surface area (Å²) in [5, 5.41) is 8.48. The first-order valence-electron chi connectivity index (χ1n) is 11.4. The van der Waals surface area contributed by atoms with Crippen LogP contribution in [0.2, 0.25) is 0 Å². The molecule has 9 heteroatoms. The minimum atomic E-state index is -0.627. The highest BCUT2D eigenvalue weighted by Gasteiger charge is 2.28. The number of nitrogen functional groups attached to an aromatic ring is 1. The van der Waals surface area contributed by atoms with Gasteiger partial charge in [-0.15, -0.1) is 0 Å². The van der Waals surface area contributed by atoms with E-state index in [1.807, 2.05) is 68.4 Å². The van der Waals surface area contributed by atoms with E-state index in [1.165, 1.54) is 6.33 Å². The number of amides is 1. The molecule has 36 heavy (non-hydrogen) atoms. The summed E-state index contributed by atoms with van der Waals surface area (Å²) in [7, 11) is 0. The molecule has 0 aliphatic carbocycles. The third-order valence-electron chi connectivity index (χ3n) is 5.75. The fraction of sp³-hybridized carbons (Fsp3) is 0.148. The Kier molecular flexibility index (Phi) is 6.03. The maximum Gasteiger partial charge on any atom is 0.269 e. The van der Waals surface area contributed by atoms with Gasteiger partial charge in [-0.2, -0.15) is 5.10 Å². The average molecular weight is 480 g/mol. The second-order valence-electron chi connectivity index (χ2n) is 8.87. The fourth-order valence-corrected chi connectivity index (χ4v) is 3.86. The van der Waals surface area contributed by atoms with Gasteiger partial charge < -0.3 is 15.8 Å². The van der Waals surface area contributed by atoms with Gasteiger partial charge in [-0.05, 0) is 62.4 Å². The van der Waals surface area contributed by atoms with Gasteiger partial charge in [0.1, 0.15) is 35.0 Å². The van der Waals surface area contributed by atoms with Crippen LogP contribution in [0.3, 0.4) is 0 Å². The summed E-state index contributed by atoms with van der Waals surface area (Å²) < 4.78 is 7.69. The number of nitrogens with zero attached hydrogens (tertiary/aromatic N) is 5. The number of rotatable bonds is 7. The molecule has 3 heterocycles. The molecule has 0 aliphatic rings. The predicted octanol–water partition coefficient (Wildman–Crippen LogP) is 4.43. The van der Waals surface area contributed by atoms with E-state index in [9.17, 15) is 4.79 Å². The number of pyridine rings is 1. The first-order valence-corrected chi connectivity index (χ1v) is 11.4. The van der Waals surface area contributed by atoms with Crippen LogP contribution in [0.15, 0.2) is 85.3 Å². The van der Waals surface area contributed by atoms with Crippen molar-refractivity contribution in [1.29, 1.82) is 0 Å². The fourth-order valence-electron chi connectivity index (χ4n) is 3.86. The van der Waals surface area contributed by atoms with E-state index >= 15 is 0 Å². The predicted molar refractivity (Wildman–Crippen MR) is 138 cm³/mol. The van der Waals surface area contributed by atoms with Crippen LogP contribution in [0.5, 0.6) is 11.5 Å². The summed E-state index contributed by atoms with van der Waals surface area (Å²) in [4.78, 5) is 25.3. The van der Waals surface area contributed by atoms with Gasteiger partial charge in [0.05, 0.1) is 10.9 Å². The topological polar surface area (TPSA) is 121 Å². The lowest BCUT2D eigenvalue weighted by molar-refractivity contribution is 0.0931. The van der Waals surface area contributed by atoms with E-state index in [0.29, 0.717) is 40.5 Å². The van der Waals surface area contributed by atoms with E-state index < -0.39 is 5.54 Å². The molecule has 0 aliphatic heterocycles. The Morgan fingerprint density at radius 1 is 0.944 bits per heavy atom. The number of anilines is 1. The minimum absolute atomic E-state index is 0.261. The molecular weight excluding hydrogens is 454 g/mol. The molecule has 0 spiro atoms. The number of hydrogen-bond donors (Lipinski definition) is 2. The van der Waals surface area contributed by atoms with Crippen LogP contribution >= 0.6 is 0 Å². The zero-order valence-electron chi connectivity index (χ0n) is 19.9. The zero-order chi connectivity index (χ0) is 25.1. The first-order chi connectivity index (χ1) is 17.4. The molecule has 2 aromatic carbocycles. The third-order valence-corrected chi connectivity index (χ3v) is 5.75. The standard InChI is InChI=1S/C27H25N7O2/c1-27(2,16-30-26(35)21-10-6-7-15-29-21)34-25-22(24(28)31-17-32-25)23(33-34)18-11-13-20(14-12-18)36-19-8-4-3-5-9-19/h3-15,17H,16H2,1-2H3,(H,30,35)(H2,28,31,32). The molecular formula is C27H25N7O2. The molecule has 0 radical (unpaired) electrons. The van der Waals surface area contributed by atoms with Crippen molar-refractivity contribution in [3.8, 4) is 22.8 Å². The Morgan fingerprint density at radius 2 is 1.67 bits per heavy atom. The maximum absolute atomic E-state index is 12.6. The van der Waals surface area contributed by atoms with Crippen molar-refractivity contribution in [3.63, 3.8) is 0 Å². The van der Waals surface area contributed by atoms with Crippen molar-refractivity contribution >= 4 is 22.8 Å². The molecule has 180 valence electrons. The number of benzene rings is 2. The molecule has 3 N–H and O–H groups in total. The van der Waals surface area contributed by atoms with Crippen LogP contribution in [-0.4, -0.2) is 37.2 Å². The van der Waals surface area contributed by atoms with Crippen molar-refractivity contribution in [1.82, 2.24) is 30.0 Å². The SMILES string of the molecule is CC(C)(CNC(=O)c1ccccn1)n1nc(-c2ccc(Oc3ccccc3)cc2)c2c(N)ncnc21. The largest absolute Gasteiger partial charge is 0.457 e. The van der Waals surface area contributed by atoms with Gasteiger partial charge in [0.25, 0.3) is 5.91 Å². The van der Waals surface area contributed by atoms with E-state index in [1.54, 1.807) is 29.1 Å². The molecule has 0 bridgehead atoms. The molecule has 9 nitrogen and oxygen atoms in total. The van der Waals surface area contributed by atoms with Crippen molar-refractivity contribution in [2.75, 3.05) is 12.3 Å². The molecule has 3 aromatic heterocycles. The zero-order valence-corrected chi connectivity index (χ0v) is 19.9. The van der Waals surface area contributed by atoms with Crippen molar-refractivity contribution < 1.29 is 9.53 Å². The second kappa shape index (κ2) is 9.46. The van der Waals surface area contributed by atoms with Crippen molar-refractivity contribution in [3.05, 3.63) is 91.0 Å². The van der Waals surface area contributed by atoms with Crippen molar-refractivity contribution in [2.45, 2.75) is 19.4 Å². The van der Waals surface area contributed by atoms with Gasteiger partial charge in [0, 0.05) is 18.3 Å². The number of carbonyl (C=O) groups is 1. The lowest BCUT2D eigenvalue weighted by Gasteiger charge is -2.26. The number of aromatic nitrogens is 5. The Hall–Kier alpha value is -4.79. The highest BCUT2D eigenvalue weighted by atomic mass is 16.5. The summed E-state index contributed by atoms with van der Waals surface area (Å²) in [6.07, 6.45) is 3.00. The highest BCUT2D eigenvalue weighted by molar-refractivity contribution is 5.98. The Morgan fingerprint density at radius 3 is 2.39 bits per heavy atom. The van der Waals surface area contributed by atoms with E-state index in [0.717, 1.165) is 11.3 Å². The van der Waals surface area contributed by atoms with Gasteiger partial charge in [-0.25, -0.2) is 14.6 Å². The average Bonchev–Trinajstić information content (AvgIpc) is 3.31.